The van der Waals surface area contributed by atoms with Crippen LogP contribution in [0.25, 0.3) is 0 Å². The molecule has 33 heavy (non-hydrogen) atoms. The number of benzene rings is 2. The van der Waals surface area contributed by atoms with Crippen molar-refractivity contribution in [3.63, 3.8) is 0 Å². The fourth-order valence-corrected chi connectivity index (χ4v) is 3.47. The normalized spacial score (nSPS) is 11.0. The van der Waals surface area contributed by atoms with Crippen molar-refractivity contribution in [2.24, 2.45) is 0 Å². The predicted octanol–water partition coefficient (Wildman–Crippen LogP) is 5.50. The first-order valence-electron chi connectivity index (χ1n) is 8.94. The van der Waals surface area contributed by atoms with Crippen molar-refractivity contribution in [1.82, 2.24) is 4.98 Å². The van der Waals surface area contributed by atoms with Gasteiger partial charge >= 0.3 is 12.3 Å². The third kappa shape index (κ3) is 6.20. The summed E-state index contributed by atoms with van der Waals surface area (Å²) in [5, 5.41) is 24.7. The highest BCUT2D eigenvalue weighted by Crippen LogP contribution is 2.36. The van der Waals surface area contributed by atoms with E-state index in [0.29, 0.717) is 16.8 Å². The Hall–Kier alpha value is -4.13. The Morgan fingerprint density at radius 1 is 1.03 bits per heavy atom. The van der Waals surface area contributed by atoms with Crippen molar-refractivity contribution in [2.75, 3.05) is 10.6 Å². The molecule has 0 aliphatic heterocycles. The average Bonchev–Trinajstić information content (AvgIpc) is 2.74. The summed E-state index contributed by atoms with van der Waals surface area (Å²) in [7, 11) is 0. The van der Waals surface area contributed by atoms with Gasteiger partial charge in [0.05, 0.1) is 15.4 Å². The molecule has 2 amide bonds. The molecule has 0 saturated carbocycles. The molecule has 0 bridgehead atoms. The van der Waals surface area contributed by atoms with Crippen LogP contribution in [0.3, 0.4) is 0 Å². The van der Waals surface area contributed by atoms with E-state index in [1.54, 1.807) is 12.1 Å². The number of carbonyl (C=O) groups is 2. The lowest BCUT2D eigenvalue weighted by molar-refractivity contribution is -0.387. The lowest BCUT2D eigenvalue weighted by Crippen LogP contribution is -2.14. The maximum atomic E-state index is 12.6. The van der Waals surface area contributed by atoms with Gasteiger partial charge in [-0.2, -0.15) is 13.2 Å². The van der Waals surface area contributed by atoms with Gasteiger partial charge in [0, 0.05) is 28.4 Å². The number of carbonyl (C=O) groups excluding carboxylic acids is 1. The van der Waals surface area contributed by atoms with Crippen LogP contribution in [-0.4, -0.2) is 27.0 Å². The number of nitrogens with one attached hydrogen (secondary N) is 2. The van der Waals surface area contributed by atoms with Crippen LogP contribution < -0.4 is 10.6 Å². The van der Waals surface area contributed by atoms with E-state index in [9.17, 15) is 32.9 Å². The van der Waals surface area contributed by atoms with Crippen molar-refractivity contribution in [3.05, 3.63) is 82.0 Å². The summed E-state index contributed by atoms with van der Waals surface area (Å²) >= 11 is 1.03. The van der Waals surface area contributed by atoms with Crippen molar-refractivity contribution in [1.29, 1.82) is 0 Å². The topological polar surface area (TPSA) is 134 Å². The SMILES string of the molecule is O=C(O)Nc1ccc(Sc2ccc(C(=O)Nc3ccc(C(F)(F)F)cn3)cc2[N+](=O)[O-])cc1. The zero-order valence-corrected chi connectivity index (χ0v) is 17.1. The third-order valence-electron chi connectivity index (χ3n) is 4.08. The minimum absolute atomic E-state index is 0.0891. The summed E-state index contributed by atoms with van der Waals surface area (Å²) in [6.45, 7) is 0. The number of rotatable bonds is 6. The van der Waals surface area contributed by atoms with E-state index in [0.717, 1.165) is 30.0 Å². The van der Waals surface area contributed by atoms with Gasteiger partial charge in [-0.05, 0) is 48.5 Å². The second-order valence-electron chi connectivity index (χ2n) is 6.38. The molecule has 0 atom stereocenters. The van der Waals surface area contributed by atoms with E-state index < -0.39 is 28.7 Å². The third-order valence-corrected chi connectivity index (χ3v) is 5.16. The summed E-state index contributed by atoms with van der Waals surface area (Å²) in [5.74, 6) is -0.935. The molecule has 0 spiro atoms. The molecule has 0 aliphatic carbocycles. The van der Waals surface area contributed by atoms with Crippen LogP contribution in [0.5, 0.6) is 0 Å². The second-order valence-corrected chi connectivity index (χ2v) is 7.50. The van der Waals surface area contributed by atoms with Crippen LogP contribution >= 0.6 is 11.8 Å². The second kappa shape index (κ2) is 9.56. The molecule has 0 unspecified atom stereocenters. The lowest BCUT2D eigenvalue weighted by Gasteiger charge is -2.09. The standard InChI is InChI=1S/C20H13F3N4O5S/c21-20(22,23)12-2-8-17(24-10-12)26-18(28)11-1-7-16(15(9-11)27(31)32)33-14-5-3-13(4-6-14)25-19(29)30/h1-10,25H,(H,29,30)(H,24,26,28). The Labute approximate surface area is 187 Å². The molecule has 3 rings (SSSR count). The monoisotopic (exact) mass is 478 g/mol. The highest BCUT2D eigenvalue weighted by molar-refractivity contribution is 7.99. The van der Waals surface area contributed by atoms with E-state index >= 15 is 0 Å². The minimum Gasteiger partial charge on any atom is -0.465 e. The van der Waals surface area contributed by atoms with Crippen LogP contribution in [0.15, 0.2) is 70.6 Å². The maximum Gasteiger partial charge on any atom is 0.417 e. The number of nitro groups is 1. The number of halogens is 3. The largest absolute Gasteiger partial charge is 0.465 e. The quantitative estimate of drug-likeness (QED) is 0.314. The van der Waals surface area contributed by atoms with Crippen LogP contribution in [0.1, 0.15) is 15.9 Å². The molecule has 0 aliphatic rings. The van der Waals surface area contributed by atoms with Gasteiger partial charge in [0.1, 0.15) is 5.82 Å². The number of pyridine rings is 1. The fourth-order valence-electron chi connectivity index (χ4n) is 2.57. The highest BCUT2D eigenvalue weighted by atomic mass is 32.2. The predicted molar refractivity (Wildman–Crippen MR) is 113 cm³/mol. The summed E-state index contributed by atoms with van der Waals surface area (Å²) in [4.78, 5) is 38.2. The van der Waals surface area contributed by atoms with Gasteiger partial charge in [0.15, 0.2) is 0 Å². The first-order chi connectivity index (χ1) is 15.5. The minimum atomic E-state index is -4.57. The number of amides is 2. The Kier molecular flexibility index (Phi) is 6.82. The van der Waals surface area contributed by atoms with Gasteiger partial charge in [-0.25, -0.2) is 9.78 Å². The maximum absolute atomic E-state index is 12.6. The van der Waals surface area contributed by atoms with Gasteiger partial charge in [-0.3, -0.25) is 20.2 Å². The van der Waals surface area contributed by atoms with Crippen molar-refractivity contribution >= 4 is 41.0 Å². The van der Waals surface area contributed by atoms with E-state index in [4.69, 9.17) is 5.11 Å². The summed E-state index contributed by atoms with van der Waals surface area (Å²) in [6, 6.07) is 11.6. The number of anilines is 2. The molecule has 1 heterocycles. The molecule has 0 radical (unpaired) electrons. The molecule has 1 aromatic heterocycles. The fraction of sp³-hybridized carbons (Fsp3) is 0.0500. The Balaban J connectivity index is 1.77. The Morgan fingerprint density at radius 2 is 1.73 bits per heavy atom. The number of alkyl halides is 3. The van der Waals surface area contributed by atoms with Gasteiger partial charge in [0.25, 0.3) is 11.6 Å². The molecule has 13 heteroatoms. The van der Waals surface area contributed by atoms with Gasteiger partial charge in [-0.15, -0.1) is 0 Å². The molecule has 2 aromatic carbocycles. The van der Waals surface area contributed by atoms with Gasteiger partial charge < -0.3 is 10.4 Å². The molecule has 170 valence electrons. The van der Waals surface area contributed by atoms with E-state index in [1.165, 1.54) is 24.3 Å². The van der Waals surface area contributed by atoms with Crippen LogP contribution in [-0.2, 0) is 6.18 Å². The van der Waals surface area contributed by atoms with E-state index in [-0.39, 0.29) is 22.0 Å². The molecule has 3 aromatic rings. The number of nitro benzene ring substituents is 1. The van der Waals surface area contributed by atoms with Crippen molar-refractivity contribution in [2.45, 2.75) is 16.0 Å². The number of hydrogen-bond acceptors (Lipinski definition) is 6. The number of carboxylic acid groups (broad SMARTS) is 1. The van der Waals surface area contributed by atoms with E-state index in [2.05, 4.69) is 15.6 Å². The molecule has 9 nitrogen and oxygen atoms in total. The molecule has 3 N–H and O–H groups in total. The summed E-state index contributed by atoms with van der Waals surface area (Å²) in [5.41, 5.74) is -1.11. The average molecular weight is 478 g/mol. The van der Waals surface area contributed by atoms with Crippen molar-refractivity contribution < 1.29 is 32.8 Å². The lowest BCUT2D eigenvalue weighted by atomic mass is 10.2. The highest BCUT2D eigenvalue weighted by Gasteiger charge is 2.30. The van der Waals surface area contributed by atoms with Gasteiger partial charge in [-0.1, -0.05) is 11.8 Å². The molecule has 0 saturated heterocycles. The van der Waals surface area contributed by atoms with Crippen LogP contribution in [0.2, 0.25) is 0 Å². The zero-order valence-electron chi connectivity index (χ0n) is 16.3. The first-order valence-corrected chi connectivity index (χ1v) is 9.75. The van der Waals surface area contributed by atoms with Gasteiger partial charge in [0.2, 0.25) is 0 Å². The Morgan fingerprint density at radius 3 is 2.27 bits per heavy atom. The Bertz CT molecular complexity index is 1200. The number of hydrogen-bond donors (Lipinski definition) is 3. The first kappa shape index (κ1) is 23.5. The zero-order chi connectivity index (χ0) is 24.2. The van der Waals surface area contributed by atoms with Crippen LogP contribution in [0, 0.1) is 10.1 Å². The number of aromatic nitrogens is 1. The molecular weight excluding hydrogens is 465 g/mol. The molecule has 0 fully saturated rings. The summed E-state index contributed by atoms with van der Waals surface area (Å²) < 4.78 is 37.8. The smallest absolute Gasteiger partial charge is 0.417 e. The van der Waals surface area contributed by atoms with Crippen LogP contribution in [0.4, 0.5) is 35.2 Å². The van der Waals surface area contributed by atoms with E-state index in [1.807, 2.05) is 0 Å². The number of nitrogens with zero attached hydrogens (tertiary/aromatic N) is 2. The molecular formula is C20H13F3N4O5S. The van der Waals surface area contributed by atoms with Crippen molar-refractivity contribution in [3.8, 4) is 0 Å². The summed E-state index contributed by atoms with van der Waals surface area (Å²) in [6.07, 6.45) is -5.24.